The number of benzene rings is 2. The van der Waals surface area contributed by atoms with Crippen LogP contribution >= 0.6 is 0 Å². The van der Waals surface area contributed by atoms with E-state index in [2.05, 4.69) is 10.6 Å². The fraction of sp³-hybridized carbons (Fsp3) is 0.176. The maximum atomic E-state index is 13.6. The first kappa shape index (κ1) is 18.8. The van der Waals surface area contributed by atoms with Crippen molar-refractivity contribution in [3.63, 3.8) is 0 Å². The highest BCUT2D eigenvalue weighted by Crippen LogP contribution is 2.23. The molecule has 0 aromatic heterocycles. The Balaban J connectivity index is 2.13. The van der Waals surface area contributed by atoms with E-state index in [9.17, 15) is 24.1 Å². The SMILES string of the molecule is CNc1ccc([N+](=O)[O-])cc1C(=O)O[C@@H](C)C(=O)Nc1ccccc1F. The van der Waals surface area contributed by atoms with E-state index in [1.54, 1.807) is 0 Å². The Labute approximate surface area is 148 Å². The van der Waals surface area contributed by atoms with E-state index in [1.807, 2.05) is 0 Å². The number of nitro benzene ring substituents is 1. The van der Waals surface area contributed by atoms with Crippen molar-refractivity contribution in [2.45, 2.75) is 13.0 Å². The third kappa shape index (κ3) is 4.32. The summed E-state index contributed by atoms with van der Waals surface area (Å²) in [4.78, 5) is 34.6. The smallest absolute Gasteiger partial charge is 0.341 e. The molecule has 26 heavy (non-hydrogen) atoms. The van der Waals surface area contributed by atoms with E-state index in [-0.39, 0.29) is 16.9 Å². The zero-order valence-electron chi connectivity index (χ0n) is 14.0. The van der Waals surface area contributed by atoms with Gasteiger partial charge >= 0.3 is 5.97 Å². The molecular formula is C17H16FN3O5. The number of hydrogen-bond donors (Lipinski definition) is 2. The van der Waals surface area contributed by atoms with Crippen LogP contribution in [0.25, 0.3) is 0 Å². The Hall–Kier alpha value is -3.49. The molecule has 2 N–H and O–H groups in total. The molecule has 1 atom stereocenters. The largest absolute Gasteiger partial charge is 0.449 e. The molecule has 9 heteroatoms. The van der Waals surface area contributed by atoms with E-state index in [0.29, 0.717) is 5.69 Å². The lowest BCUT2D eigenvalue weighted by molar-refractivity contribution is -0.384. The van der Waals surface area contributed by atoms with Crippen LogP contribution in [0.5, 0.6) is 0 Å². The van der Waals surface area contributed by atoms with Gasteiger partial charge in [-0.25, -0.2) is 9.18 Å². The summed E-state index contributed by atoms with van der Waals surface area (Å²) in [7, 11) is 1.53. The lowest BCUT2D eigenvalue weighted by Gasteiger charge is -2.15. The first-order chi connectivity index (χ1) is 12.3. The second-order valence-electron chi connectivity index (χ2n) is 5.25. The van der Waals surface area contributed by atoms with Gasteiger partial charge in [-0.1, -0.05) is 12.1 Å². The molecule has 0 aliphatic carbocycles. The molecule has 2 aromatic rings. The Kier molecular flexibility index (Phi) is 5.84. The molecule has 2 aromatic carbocycles. The fourth-order valence-electron chi connectivity index (χ4n) is 2.11. The average molecular weight is 361 g/mol. The number of halogens is 1. The summed E-state index contributed by atoms with van der Waals surface area (Å²) in [6, 6.07) is 9.19. The molecule has 0 aliphatic heterocycles. The van der Waals surface area contributed by atoms with E-state index in [0.717, 1.165) is 6.07 Å². The van der Waals surface area contributed by atoms with Gasteiger partial charge in [-0.05, 0) is 25.1 Å². The molecule has 0 fully saturated rings. The number of carbonyl (C=O) groups is 2. The molecule has 8 nitrogen and oxygen atoms in total. The number of rotatable bonds is 6. The third-order valence-electron chi connectivity index (χ3n) is 3.49. The standard InChI is InChI=1S/C17H16FN3O5/c1-10(16(22)20-15-6-4-3-5-13(15)18)26-17(23)12-9-11(21(24)25)7-8-14(12)19-2/h3-10,19H,1-2H3,(H,20,22)/t10-/m0/s1. The molecule has 136 valence electrons. The van der Waals surface area contributed by atoms with Gasteiger partial charge < -0.3 is 15.4 Å². The number of para-hydroxylation sites is 1. The maximum Gasteiger partial charge on any atom is 0.341 e. The highest BCUT2D eigenvalue weighted by Gasteiger charge is 2.23. The number of esters is 1. The summed E-state index contributed by atoms with van der Waals surface area (Å²) in [5, 5.41) is 15.9. The summed E-state index contributed by atoms with van der Waals surface area (Å²) < 4.78 is 18.6. The second kappa shape index (κ2) is 8.06. The average Bonchev–Trinajstić information content (AvgIpc) is 2.62. The first-order valence-electron chi connectivity index (χ1n) is 7.56. The van der Waals surface area contributed by atoms with Crippen LogP contribution < -0.4 is 10.6 Å². The first-order valence-corrected chi connectivity index (χ1v) is 7.56. The van der Waals surface area contributed by atoms with Gasteiger partial charge in [-0.2, -0.15) is 0 Å². The number of anilines is 2. The zero-order valence-corrected chi connectivity index (χ0v) is 14.0. The second-order valence-corrected chi connectivity index (χ2v) is 5.25. The van der Waals surface area contributed by atoms with Gasteiger partial charge in [-0.15, -0.1) is 0 Å². The van der Waals surface area contributed by atoms with Crippen LogP contribution in [0.4, 0.5) is 21.5 Å². The van der Waals surface area contributed by atoms with Gasteiger partial charge in [0.25, 0.3) is 11.6 Å². The highest BCUT2D eigenvalue weighted by atomic mass is 19.1. The Morgan fingerprint density at radius 2 is 1.88 bits per heavy atom. The van der Waals surface area contributed by atoms with Crippen LogP contribution in [0.15, 0.2) is 42.5 Å². The predicted molar refractivity (Wildman–Crippen MR) is 92.6 cm³/mol. The summed E-state index contributed by atoms with van der Waals surface area (Å²) in [6.45, 7) is 1.31. The number of non-ortho nitro benzene ring substituents is 1. The number of nitrogens with one attached hydrogen (secondary N) is 2. The van der Waals surface area contributed by atoms with Crippen LogP contribution in [0.2, 0.25) is 0 Å². The number of nitrogens with zero attached hydrogens (tertiary/aromatic N) is 1. The molecular weight excluding hydrogens is 345 g/mol. The van der Waals surface area contributed by atoms with Crippen molar-refractivity contribution in [2.75, 3.05) is 17.7 Å². The van der Waals surface area contributed by atoms with Crippen LogP contribution in [-0.2, 0) is 9.53 Å². The zero-order chi connectivity index (χ0) is 19.3. The molecule has 0 bridgehead atoms. The van der Waals surface area contributed by atoms with E-state index in [1.165, 1.54) is 50.4 Å². The third-order valence-corrected chi connectivity index (χ3v) is 3.49. The van der Waals surface area contributed by atoms with Gasteiger partial charge in [0.2, 0.25) is 0 Å². The minimum absolute atomic E-state index is 0.0494. The molecule has 0 aliphatic rings. The van der Waals surface area contributed by atoms with Crippen LogP contribution in [0, 0.1) is 15.9 Å². The van der Waals surface area contributed by atoms with Gasteiger partial charge in [0.1, 0.15) is 5.82 Å². The lowest BCUT2D eigenvalue weighted by Crippen LogP contribution is -2.30. The normalized spacial score (nSPS) is 11.3. The van der Waals surface area contributed by atoms with Crippen molar-refractivity contribution in [3.05, 3.63) is 64.0 Å². The molecule has 2 rings (SSSR count). The number of amides is 1. The molecule has 0 radical (unpaired) electrons. The lowest BCUT2D eigenvalue weighted by atomic mass is 10.1. The van der Waals surface area contributed by atoms with Crippen molar-refractivity contribution < 1.29 is 23.6 Å². The molecule has 1 amide bonds. The van der Waals surface area contributed by atoms with Gasteiger partial charge in [0.05, 0.1) is 16.2 Å². The Morgan fingerprint density at radius 3 is 2.50 bits per heavy atom. The molecule has 0 unspecified atom stereocenters. The van der Waals surface area contributed by atoms with Crippen molar-refractivity contribution in [1.82, 2.24) is 0 Å². The summed E-state index contributed by atoms with van der Waals surface area (Å²) >= 11 is 0. The number of hydrogen-bond acceptors (Lipinski definition) is 6. The fourth-order valence-corrected chi connectivity index (χ4v) is 2.11. The highest BCUT2D eigenvalue weighted by molar-refractivity contribution is 6.00. The monoisotopic (exact) mass is 361 g/mol. The van der Waals surface area contributed by atoms with Gasteiger partial charge in [0, 0.05) is 24.9 Å². The summed E-state index contributed by atoms with van der Waals surface area (Å²) in [5.74, 6) is -2.29. The topological polar surface area (TPSA) is 111 Å². The Bertz CT molecular complexity index is 856. The van der Waals surface area contributed by atoms with Gasteiger partial charge in [0.15, 0.2) is 6.10 Å². The van der Waals surface area contributed by atoms with Crippen molar-refractivity contribution >= 4 is 28.9 Å². The van der Waals surface area contributed by atoms with Crippen molar-refractivity contribution in [1.29, 1.82) is 0 Å². The van der Waals surface area contributed by atoms with Crippen LogP contribution in [0.1, 0.15) is 17.3 Å². The van der Waals surface area contributed by atoms with Gasteiger partial charge in [-0.3, -0.25) is 14.9 Å². The van der Waals surface area contributed by atoms with Crippen LogP contribution in [-0.4, -0.2) is 30.0 Å². The predicted octanol–water partition coefficient (Wildman–Crippen LogP) is 2.96. The minimum Gasteiger partial charge on any atom is -0.449 e. The van der Waals surface area contributed by atoms with Crippen molar-refractivity contribution in [2.24, 2.45) is 0 Å². The van der Waals surface area contributed by atoms with Crippen LogP contribution in [0.3, 0.4) is 0 Å². The Morgan fingerprint density at radius 1 is 1.19 bits per heavy atom. The quantitative estimate of drug-likeness (QED) is 0.465. The maximum absolute atomic E-state index is 13.6. The molecule has 0 saturated heterocycles. The van der Waals surface area contributed by atoms with E-state index in [4.69, 9.17) is 4.74 Å². The van der Waals surface area contributed by atoms with E-state index < -0.39 is 28.7 Å². The summed E-state index contributed by atoms with van der Waals surface area (Å²) in [5.41, 5.74) is -0.124. The number of ether oxygens (including phenoxy) is 1. The number of carbonyl (C=O) groups excluding carboxylic acids is 2. The molecule has 0 saturated carbocycles. The molecule has 0 spiro atoms. The van der Waals surface area contributed by atoms with E-state index >= 15 is 0 Å². The summed E-state index contributed by atoms with van der Waals surface area (Å²) in [6.07, 6.45) is -1.24. The van der Waals surface area contributed by atoms with Crippen molar-refractivity contribution in [3.8, 4) is 0 Å². The molecule has 0 heterocycles. The number of nitro groups is 1. The minimum atomic E-state index is -1.24.